The standard InChI is InChI=1S/C30H55N7O9/c1-8-17(4)24(36-27(42)20(32)15-16(2)3)29(44)37(7)19(6)26(41)34-21(12-13-23(38)39)28(43)33-18(5)25(40)35-22(30(45)46)11-9-10-14-31/h16-22,24H,8-15,31-32H2,1-7H3,(H,33,43)(H,34,41)(H,35,40)(H,36,42)(H,38,39)(H,45,46)/t17-,18-,19-,20-,21-,22-,24-/m0/s1. The van der Waals surface area contributed by atoms with E-state index in [1.807, 2.05) is 20.8 Å². The molecule has 46 heavy (non-hydrogen) atoms. The van der Waals surface area contributed by atoms with Crippen LogP contribution in [0.2, 0.25) is 0 Å². The molecule has 16 nitrogen and oxygen atoms in total. The van der Waals surface area contributed by atoms with E-state index in [1.165, 1.54) is 20.9 Å². The molecule has 0 rings (SSSR count). The Morgan fingerprint density at radius 2 is 1.35 bits per heavy atom. The van der Waals surface area contributed by atoms with Crippen LogP contribution in [0.4, 0.5) is 0 Å². The molecule has 0 unspecified atom stereocenters. The van der Waals surface area contributed by atoms with Crippen LogP contribution in [-0.2, 0) is 33.6 Å². The summed E-state index contributed by atoms with van der Waals surface area (Å²) in [4.78, 5) is 89.1. The van der Waals surface area contributed by atoms with E-state index in [9.17, 15) is 43.8 Å². The van der Waals surface area contributed by atoms with E-state index < -0.39 is 84.1 Å². The predicted octanol–water partition coefficient (Wildman–Crippen LogP) is -0.710. The molecule has 16 heteroatoms. The molecular formula is C30H55N7O9. The zero-order chi connectivity index (χ0) is 35.7. The van der Waals surface area contributed by atoms with E-state index in [0.29, 0.717) is 32.2 Å². The molecule has 0 aromatic heterocycles. The first-order valence-electron chi connectivity index (χ1n) is 15.8. The number of hydrogen-bond acceptors (Lipinski definition) is 9. The van der Waals surface area contributed by atoms with Gasteiger partial charge in [0, 0.05) is 13.5 Å². The minimum absolute atomic E-state index is 0.132. The van der Waals surface area contributed by atoms with Gasteiger partial charge in [0.05, 0.1) is 6.04 Å². The van der Waals surface area contributed by atoms with Gasteiger partial charge in [-0.25, -0.2) is 4.79 Å². The third kappa shape index (κ3) is 15.0. The van der Waals surface area contributed by atoms with Crippen LogP contribution in [0, 0.1) is 11.8 Å². The summed E-state index contributed by atoms with van der Waals surface area (Å²) in [5.74, 6) is -6.14. The Labute approximate surface area is 271 Å². The Balaban J connectivity index is 5.69. The van der Waals surface area contributed by atoms with Crippen LogP contribution < -0.4 is 32.7 Å². The van der Waals surface area contributed by atoms with Gasteiger partial charge in [-0.05, 0) is 64.3 Å². The second-order valence-corrected chi connectivity index (χ2v) is 12.1. The monoisotopic (exact) mass is 657 g/mol. The van der Waals surface area contributed by atoms with Gasteiger partial charge in [0.25, 0.3) is 0 Å². The summed E-state index contributed by atoms with van der Waals surface area (Å²) in [7, 11) is 1.37. The predicted molar refractivity (Wildman–Crippen MR) is 170 cm³/mol. The van der Waals surface area contributed by atoms with Crippen molar-refractivity contribution in [3.05, 3.63) is 0 Å². The number of nitrogens with one attached hydrogen (secondary N) is 4. The molecule has 0 aromatic rings. The third-order valence-corrected chi connectivity index (χ3v) is 7.74. The van der Waals surface area contributed by atoms with Crippen LogP contribution in [0.1, 0.15) is 86.5 Å². The molecule has 7 atom stereocenters. The number of carbonyl (C=O) groups excluding carboxylic acids is 5. The number of likely N-dealkylation sites (N-methyl/N-ethyl adjacent to an activating group) is 1. The second kappa shape index (κ2) is 21.1. The Morgan fingerprint density at radius 3 is 1.85 bits per heavy atom. The van der Waals surface area contributed by atoms with E-state index in [1.54, 1.807) is 6.92 Å². The molecule has 0 saturated carbocycles. The molecule has 0 aliphatic heterocycles. The topological polar surface area (TPSA) is 263 Å². The number of nitrogens with two attached hydrogens (primary N) is 2. The smallest absolute Gasteiger partial charge is 0.326 e. The fourth-order valence-electron chi connectivity index (χ4n) is 4.40. The molecule has 0 aromatic carbocycles. The summed E-state index contributed by atoms with van der Waals surface area (Å²) in [6.45, 7) is 10.5. The highest BCUT2D eigenvalue weighted by molar-refractivity contribution is 5.96. The largest absolute Gasteiger partial charge is 0.481 e. The van der Waals surface area contributed by atoms with Gasteiger partial charge in [0.15, 0.2) is 0 Å². The van der Waals surface area contributed by atoms with E-state index in [2.05, 4.69) is 21.3 Å². The maximum Gasteiger partial charge on any atom is 0.326 e. The molecule has 0 spiro atoms. The summed E-state index contributed by atoms with van der Waals surface area (Å²) >= 11 is 0. The summed E-state index contributed by atoms with van der Waals surface area (Å²) in [5, 5.41) is 28.5. The number of aliphatic carboxylic acids is 2. The highest BCUT2D eigenvalue weighted by atomic mass is 16.4. The van der Waals surface area contributed by atoms with Crippen LogP contribution in [0.3, 0.4) is 0 Å². The van der Waals surface area contributed by atoms with Crippen molar-refractivity contribution < 1.29 is 43.8 Å². The molecule has 0 aliphatic carbocycles. The van der Waals surface area contributed by atoms with Gasteiger partial charge in [-0.15, -0.1) is 0 Å². The molecule has 0 heterocycles. The average molecular weight is 658 g/mol. The number of carboxylic acids is 2. The van der Waals surface area contributed by atoms with Crippen LogP contribution in [-0.4, -0.2) is 106 Å². The van der Waals surface area contributed by atoms with Crippen molar-refractivity contribution in [3.63, 3.8) is 0 Å². The fourth-order valence-corrected chi connectivity index (χ4v) is 4.40. The summed E-state index contributed by atoms with van der Waals surface area (Å²) < 4.78 is 0. The normalized spacial score (nSPS) is 15.7. The van der Waals surface area contributed by atoms with Crippen molar-refractivity contribution in [3.8, 4) is 0 Å². The lowest BCUT2D eigenvalue weighted by molar-refractivity contribution is -0.143. The minimum Gasteiger partial charge on any atom is -0.481 e. The minimum atomic E-state index is -1.40. The van der Waals surface area contributed by atoms with E-state index in [-0.39, 0.29) is 24.7 Å². The van der Waals surface area contributed by atoms with Gasteiger partial charge >= 0.3 is 11.9 Å². The lowest BCUT2D eigenvalue weighted by Gasteiger charge is -2.32. The molecule has 0 radical (unpaired) electrons. The lowest BCUT2D eigenvalue weighted by atomic mass is 9.96. The second-order valence-electron chi connectivity index (χ2n) is 12.1. The first kappa shape index (κ1) is 42.2. The summed E-state index contributed by atoms with van der Waals surface area (Å²) in [5.41, 5.74) is 11.4. The number of carboxylic acid groups (broad SMARTS) is 2. The summed E-state index contributed by atoms with van der Waals surface area (Å²) in [6, 6.07) is -6.78. The van der Waals surface area contributed by atoms with E-state index in [0.717, 1.165) is 4.90 Å². The molecule has 10 N–H and O–H groups in total. The number of hydrogen-bond donors (Lipinski definition) is 8. The maximum absolute atomic E-state index is 13.5. The Hall–Kier alpha value is -3.79. The van der Waals surface area contributed by atoms with Gasteiger partial charge in [0.1, 0.15) is 30.2 Å². The van der Waals surface area contributed by atoms with Crippen molar-refractivity contribution in [2.75, 3.05) is 13.6 Å². The zero-order valence-corrected chi connectivity index (χ0v) is 28.1. The third-order valence-electron chi connectivity index (χ3n) is 7.74. The molecule has 0 bridgehead atoms. The maximum atomic E-state index is 13.5. The number of rotatable bonds is 22. The highest BCUT2D eigenvalue weighted by Crippen LogP contribution is 2.14. The van der Waals surface area contributed by atoms with Gasteiger partial charge in [-0.3, -0.25) is 28.8 Å². The molecular weight excluding hydrogens is 602 g/mol. The SMILES string of the molecule is CC[C@H](C)[C@H](NC(=O)[C@@H](N)CC(C)C)C(=O)N(C)[C@@H](C)C(=O)N[C@@H](CCC(=O)O)C(=O)N[C@@H](C)C(=O)N[C@@H](CCCCN)C(=O)O. The molecule has 264 valence electrons. The van der Waals surface area contributed by atoms with Gasteiger partial charge in [-0.2, -0.15) is 0 Å². The van der Waals surface area contributed by atoms with Gasteiger partial charge in [-0.1, -0.05) is 34.1 Å². The molecule has 0 saturated heterocycles. The fraction of sp³-hybridized carbons (Fsp3) is 0.767. The molecule has 5 amide bonds. The number of amides is 5. The van der Waals surface area contributed by atoms with E-state index in [4.69, 9.17) is 11.5 Å². The summed E-state index contributed by atoms with van der Waals surface area (Å²) in [6.07, 6.45) is 1.28. The highest BCUT2D eigenvalue weighted by Gasteiger charge is 2.35. The van der Waals surface area contributed by atoms with Crippen molar-refractivity contribution in [1.82, 2.24) is 26.2 Å². The first-order valence-corrected chi connectivity index (χ1v) is 15.8. The van der Waals surface area contributed by atoms with Crippen LogP contribution in [0.25, 0.3) is 0 Å². The number of carbonyl (C=O) groups is 7. The Morgan fingerprint density at radius 1 is 0.761 bits per heavy atom. The number of nitrogens with zero attached hydrogens (tertiary/aromatic N) is 1. The van der Waals surface area contributed by atoms with E-state index >= 15 is 0 Å². The van der Waals surface area contributed by atoms with Crippen LogP contribution >= 0.6 is 0 Å². The Bertz CT molecular complexity index is 1060. The quantitative estimate of drug-likeness (QED) is 0.0674. The lowest BCUT2D eigenvalue weighted by Crippen LogP contribution is -2.59. The van der Waals surface area contributed by atoms with Gasteiger partial charge < -0.3 is 47.8 Å². The van der Waals surface area contributed by atoms with Crippen LogP contribution in [0.15, 0.2) is 0 Å². The molecule has 0 fully saturated rings. The van der Waals surface area contributed by atoms with Crippen molar-refractivity contribution in [1.29, 1.82) is 0 Å². The molecule has 0 aliphatic rings. The van der Waals surface area contributed by atoms with Crippen LogP contribution in [0.5, 0.6) is 0 Å². The Kier molecular flexibility index (Phi) is 19.4. The van der Waals surface area contributed by atoms with Crippen molar-refractivity contribution in [2.45, 2.75) is 123 Å². The van der Waals surface area contributed by atoms with Gasteiger partial charge in [0.2, 0.25) is 29.5 Å². The first-order chi connectivity index (χ1) is 21.4. The average Bonchev–Trinajstić information content (AvgIpc) is 2.98. The van der Waals surface area contributed by atoms with Crippen molar-refractivity contribution >= 4 is 41.5 Å². The number of unbranched alkanes of at least 4 members (excludes halogenated alkanes) is 1. The van der Waals surface area contributed by atoms with Crippen molar-refractivity contribution in [2.24, 2.45) is 23.3 Å². The zero-order valence-electron chi connectivity index (χ0n) is 28.1.